The molecule has 0 aliphatic carbocycles. The molecule has 144 valence electrons. The molecule has 3 aromatic carbocycles. The molecule has 29 heavy (non-hydrogen) atoms. The molecule has 0 aliphatic rings. The zero-order valence-electron chi connectivity index (χ0n) is 16.0. The second-order valence-electron chi connectivity index (χ2n) is 6.97. The Morgan fingerprint density at radius 3 is 2.41 bits per heavy atom. The Balaban J connectivity index is 1.47. The van der Waals surface area contributed by atoms with Crippen LogP contribution in [0, 0.1) is 0 Å². The highest BCUT2D eigenvalue weighted by Gasteiger charge is 2.12. The fourth-order valence-corrected chi connectivity index (χ4v) is 3.23. The van der Waals surface area contributed by atoms with Gasteiger partial charge in [0, 0.05) is 17.7 Å². The van der Waals surface area contributed by atoms with Crippen LogP contribution in [-0.4, -0.2) is 10.9 Å². The average molecular weight is 384 g/mol. The third-order valence-electron chi connectivity index (χ3n) is 4.81. The van der Waals surface area contributed by atoms with Gasteiger partial charge < -0.3 is 9.73 Å². The van der Waals surface area contributed by atoms with Crippen molar-refractivity contribution < 1.29 is 9.21 Å². The zero-order chi connectivity index (χ0) is 20.2. The van der Waals surface area contributed by atoms with Crippen molar-refractivity contribution in [1.82, 2.24) is 4.98 Å². The molecule has 4 rings (SSSR count). The van der Waals surface area contributed by atoms with E-state index < -0.39 is 5.63 Å². The van der Waals surface area contributed by atoms with Crippen molar-refractivity contribution in [3.63, 3.8) is 0 Å². The minimum Gasteiger partial charge on any atom is -0.403 e. The van der Waals surface area contributed by atoms with E-state index in [0.717, 1.165) is 5.56 Å². The largest absolute Gasteiger partial charge is 0.403 e. The molecule has 1 N–H and O–H groups in total. The second kappa shape index (κ2) is 8.10. The number of para-hydroxylation sites is 1. The summed E-state index contributed by atoms with van der Waals surface area (Å²) in [5.74, 6) is 0.334. The topological polar surface area (TPSA) is 72.2 Å². The number of carbonyl (C=O) groups is 1. The normalized spacial score (nSPS) is 11.9. The molecule has 0 bridgehead atoms. The highest BCUT2D eigenvalue weighted by Crippen LogP contribution is 2.22. The van der Waals surface area contributed by atoms with E-state index in [4.69, 9.17) is 4.42 Å². The third kappa shape index (κ3) is 4.24. The first-order chi connectivity index (χ1) is 14.1. The number of hydrogen-bond acceptors (Lipinski definition) is 4. The van der Waals surface area contributed by atoms with E-state index in [0.29, 0.717) is 28.6 Å². The molecule has 5 heteroatoms. The van der Waals surface area contributed by atoms with Crippen molar-refractivity contribution in [2.75, 3.05) is 5.32 Å². The van der Waals surface area contributed by atoms with Gasteiger partial charge in [0.15, 0.2) is 0 Å². The Morgan fingerprint density at radius 2 is 1.66 bits per heavy atom. The smallest absolute Gasteiger partial charge is 0.347 e. The molecule has 0 aliphatic heterocycles. The lowest BCUT2D eigenvalue weighted by atomic mass is 9.97. The van der Waals surface area contributed by atoms with E-state index in [1.165, 1.54) is 0 Å². The molecule has 0 radical (unpaired) electrons. The molecule has 1 aromatic heterocycles. The first kappa shape index (κ1) is 18.6. The van der Waals surface area contributed by atoms with Crippen LogP contribution in [0.15, 0.2) is 88.1 Å². The van der Waals surface area contributed by atoms with Crippen LogP contribution in [-0.2, 0) is 4.79 Å². The van der Waals surface area contributed by atoms with Crippen LogP contribution in [0.5, 0.6) is 0 Å². The van der Waals surface area contributed by atoms with Crippen molar-refractivity contribution in [1.29, 1.82) is 0 Å². The summed E-state index contributed by atoms with van der Waals surface area (Å²) in [5.41, 5.74) is 2.66. The van der Waals surface area contributed by atoms with Gasteiger partial charge in [-0.15, -0.1) is 0 Å². The van der Waals surface area contributed by atoms with Gasteiger partial charge >= 0.3 is 5.63 Å². The molecule has 0 fully saturated rings. The van der Waals surface area contributed by atoms with Crippen LogP contribution in [0.3, 0.4) is 0 Å². The van der Waals surface area contributed by atoms with Gasteiger partial charge in [0.2, 0.25) is 11.8 Å². The minimum atomic E-state index is -0.419. The number of nitrogens with zero attached hydrogens (tertiary/aromatic N) is 1. The summed E-state index contributed by atoms with van der Waals surface area (Å²) in [6.45, 7) is 2.03. The Hall–Kier alpha value is -3.73. The molecule has 1 amide bonds. The molecule has 0 saturated carbocycles. The number of benzene rings is 3. The van der Waals surface area contributed by atoms with Gasteiger partial charge in [0.25, 0.3) is 0 Å². The number of anilines is 1. The van der Waals surface area contributed by atoms with Gasteiger partial charge in [-0.2, -0.15) is 0 Å². The summed E-state index contributed by atoms with van der Waals surface area (Å²) in [6.07, 6.45) is 0.396. The minimum absolute atomic E-state index is 0.0514. The van der Waals surface area contributed by atoms with E-state index in [2.05, 4.69) is 10.3 Å². The predicted octanol–water partition coefficient (Wildman–Crippen LogP) is 4.99. The quantitative estimate of drug-likeness (QED) is 0.526. The summed E-state index contributed by atoms with van der Waals surface area (Å²) in [7, 11) is 0. The summed E-state index contributed by atoms with van der Waals surface area (Å²) in [5, 5.41) is 3.36. The van der Waals surface area contributed by atoms with E-state index >= 15 is 0 Å². The highest BCUT2D eigenvalue weighted by atomic mass is 16.4. The molecular formula is C24H20N2O3. The Labute approximate surface area is 168 Å². The number of fused-ring (bicyclic) bond motifs is 1. The third-order valence-corrected chi connectivity index (χ3v) is 4.81. The monoisotopic (exact) mass is 384 g/mol. The van der Waals surface area contributed by atoms with Crippen molar-refractivity contribution in [3.05, 3.63) is 94.8 Å². The van der Waals surface area contributed by atoms with Crippen LogP contribution in [0.1, 0.15) is 24.8 Å². The summed E-state index contributed by atoms with van der Waals surface area (Å²) < 4.78 is 5.35. The number of nitrogens with one attached hydrogen (secondary N) is 1. The standard InChI is InChI=1S/C24H20N2O3/c1-16(17-7-3-2-4-8-17)15-22(27)25-19-13-11-18(12-14-19)23-26-21-10-6-5-9-20(21)24(28)29-23/h2-14,16H,15H2,1H3,(H,25,27). The lowest BCUT2D eigenvalue weighted by Crippen LogP contribution is -2.14. The van der Waals surface area contributed by atoms with Gasteiger partial charge in [-0.05, 0) is 47.9 Å². The maximum Gasteiger partial charge on any atom is 0.347 e. The number of amides is 1. The first-order valence-electron chi connectivity index (χ1n) is 9.45. The van der Waals surface area contributed by atoms with Gasteiger partial charge in [0.05, 0.1) is 10.9 Å². The lowest BCUT2D eigenvalue weighted by molar-refractivity contribution is -0.116. The SMILES string of the molecule is CC(CC(=O)Nc1ccc(-c2nc3ccccc3c(=O)o2)cc1)c1ccccc1. The molecule has 4 aromatic rings. The molecule has 0 saturated heterocycles. The summed E-state index contributed by atoms with van der Waals surface area (Å²) in [6, 6.07) is 24.1. The van der Waals surface area contributed by atoms with Gasteiger partial charge in [-0.3, -0.25) is 4.79 Å². The molecule has 1 heterocycles. The van der Waals surface area contributed by atoms with Crippen LogP contribution >= 0.6 is 0 Å². The highest BCUT2D eigenvalue weighted by molar-refractivity contribution is 5.91. The van der Waals surface area contributed by atoms with Crippen LogP contribution in [0.2, 0.25) is 0 Å². The number of aromatic nitrogens is 1. The lowest BCUT2D eigenvalue weighted by Gasteiger charge is -2.12. The molecule has 1 unspecified atom stereocenters. The van der Waals surface area contributed by atoms with Crippen molar-refractivity contribution in [2.45, 2.75) is 19.3 Å². The molecular weight excluding hydrogens is 364 g/mol. The second-order valence-corrected chi connectivity index (χ2v) is 6.97. The van der Waals surface area contributed by atoms with E-state index in [9.17, 15) is 9.59 Å². The Bertz CT molecular complexity index is 1200. The molecule has 0 spiro atoms. The number of carbonyl (C=O) groups excluding carboxylic acids is 1. The maximum absolute atomic E-state index is 12.4. The van der Waals surface area contributed by atoms with Crippen LogP contribution < -0.4 is 10.9 Å². The Kier molecular flexibility index (Phi) is 5.20. The summed E-state index contributed by atoms with van der Waals surface area (Å²) in [4.78, 5) is 28.9. The maximum atomic E-state index is 12.4. The van der Waals surface area contributed by atoms with Crippen molar-refractivity contribution >= 4 is 22.5 Å². The van der Waals surface area contributed by atoms with Crippen LogP contribution in [0.4, 0.5) is 5.69 Å². The van der Waals surface area contributed by atoms with Gasteiger partial charge in [-0.25, -0.2) is 9.78 Å². The number of hydrogen-bond donors (Lipinski definition) is 1. The molecule has 1 atom stereocenters. The van der Waals surface area contributed by atoms with Crippen molar-refractivity contribution in [2.24, 2.45) is 0 Å². The zero-order valence-corrected chi connectivity index (χ0v) is 16.0. The van der Waals surface area contributed by atoms with E-state index in [-0.39, 0.29) is 17.7 Å². The van der Waals surface area contributed by atoms with Gasteiger partial charge in [0.1, 0.15) is 0 Å². The predicted molar refractivity (Wildman–Crippen MR) is 114 cm³/mol. The van der Waals surface area contributed by atoms with E-state index in [1.807, 2.05) is 43.3 Å². The molecule has 5 nitrogen and oxygen atoms in total. The fraction of sp³-hybridized carbons (Fsp3) is 0.125. The van der Waals surface area contributed by atoms with E-state index in [1.54, 1.807) is 42.5 Å². The Morgan fingerprint density at radius 1 is 0.966 bits per heavy atom. The van der Waals surface area contributed by atoms with Crippen LogP contribution in [0.25, 0.3) is 22.4 Å². The first-order valence-corrected chi connectivity index (χ1v) is 9.45. The summed E-state index contributed by atoms with van der Waals surface area (Å²) >= 11 is 0. The number of rotatable bonds is 5. The average Bonchev–Trinajstić information content (AvgIpc) is 2.75. The van der Waals surface area contributed by atoms with Crippen molar-refractivity contribution in [3.8, 4) is 11.5 Å². The fourth-order valence-electron chi connectivity index (χ4n) is 3.23. The van der Waals surface area contributed by atoms with Gasteiger partial charge in [-0.1, -0.05) is 49.4 Å².